The third kappa shape index (κ3) is 2.10. The highest BCUT2D eigenvalue weighted by Gasteiger charge is 2.24. The van der Waals surface area contributed by atoms with Gasteiger partial charge in [0, 0.05) is 6.08 Å². The number of aliphatic hydroxyl groups is 1. The van der Waals surface area contributed by atoms with E-state index in [1.54, 1.807) is 0 Å². The molecule has 1 unspecified atom stereocenters. The van der Waals surface area contributed by atoms with Crippen molar-refractivity contribution in [2.75, 3.05) is 0 Å². The molecule has 1 rings (SSSR count). The van der Waals surface area contributed by atoms with Crippen LogP contribution in [0.3, 0.4) is 0 Å². The van der Waals surface area contributed by atoms with Crippen molar-refractivity contribution in [3.63, 3.8) is 0 Å². The van der Waals surface area contributed by atoms with Gasteiger partial charge in [0.2, 0.25) is 0 Å². The van der Waals surface area contributed by atoms with Crippen LogP contribution in [0.4, 0.5) is 0 Å². The zero-order valence-corrected chi connectivity index (χ0v) is 7.14. The summed E-state index contributed by atoms with van der Waals surface area (Å²) in [5.41, 5.74) is 8.08. The molecule has 0 bridgehead atoms. The van der Waals surface area contributed by atoms with Crippen molar-refractivity contribution >= 4 is 15.8 Å². The van der Waals surface area contributed by atoms with E-state index in [-0.39, 0.29) is 5.71 Å². The quantitative estimate of drug-likeness (QED) is 0.334. The van der Waals surface area contributed by atoms with Crippen LogP contribution in [-0.4, -0.2) is 34.7 Å². The summed E-state index contributed by atoms with van der Waals surface area (Å²) in [5.74, 6) is 0. The molecule has 1 aliphatic rings. The molecule has 13 heavy (non-hydrogen) atoms. The highest BCUT2D eigenvalue weighted by atomic mass is 32.2. The maximum absolute atomic E-state index is 10.6. The Morgan fingerprint density at radius 2 is 2.15 bits per heavy atom. The molecular weight excluding hydrogens is 196 g/mol. The molecule has 70 valence electrons. The van der Waals surface area contributed by atoms with Gasteiger partial charge in [-0.3, -0.25) is 4.55 Å². The first kappa shape index (κ1) is 9.82. The van der Waals surface area contributed by atoms with Crippen LogP contribution in [0.1, 0.15) is 0 Å². The van der Waals surface area contributed by atoms with Crippen molar-refractivity contribution in [1.82, 2.24) is 0 Å². The van der Waals surface area contributed by atoms with E-state index in [9.17, 15) is 8.42 Å². The smallest absolute Gasteiger partial charge is 0.325 e. The largest absolute Gasteiger partial charge is 0.377 e. The molecule has 0 aromatic carbocycles. The van der Waals surface area contributed by atoms with Crippen LogP contribution in [-0.2, 0) is 10.1 Å². The standard InChI is InChI=1S/C6H6N2O4S/c7-8-5-3-4(13(10,11)12)1-2-6(5)9/h1-3,6,9H,(H,10,11,12). The zero-order valence-electron chi connectivity index (χ0n) is 6.32. The first-order valence-electron chi connectivity index (χ1n) is 3.22. The molecular formula is C6H6N2O4S. The van der Waals surface area contributed by atoms with Crippen LogP contribution >= 0.6 is 0 Å². The lowest BCUT2D eigenvalue weighted by atomic mass is 10.1. The van der Waals surface area contributed by atoms with E-state index < -0.39 is 21.1 Å². The Labute approximate surface area is 74.2 Å². The number of rotatable bonds is 1. The highest BCUT2D eigenvalue weighted by molar-refractivity contribution is 7.90. The van der Waals surface area contributed by atoms with Gasteiger partial charge in [0.15, 0.2) is 6.10 Å². The predicted molar refractivity (Wildman–Crippen MR) is 43.4 cm³/mol. The SMILES string of the molecule is [N-]=[N+]=C1C=C(S(=O)(=O)O)C=CC1O. The van der Waals surface area contributed by atoms with E-state index in [1.165, 1.54) is 0 Å². The third-order valence-electron chi connectivity index (χ3n) is 1.45. The van der Waals surface area contributed by atoms with Gasteiger partial charge in [0.1, 0.15) is 4.91 Å². The van der Waals surface area contributed by atoms with Gasteiger partial charge in [0.25, 0.3) is 10.1 Å². The van der Waals surface area contributed by atoms with Gasteiger partial charge < -0.3 is 10.6 Å². The van der Waals surface area contributed by atoms with Crippen molar-refractivity contribution < 1.29 is 22.9 Å². The van der Waals surface area contributed by atoms with Crippen LogP contribution in [0.15, 0.2) is 23.1 Å². The average molecular weight is 202 g/mol. The topological polar surface area (TPSA) is 111 Å². The van der Waals surface area contributed by atoms with Crippen LogP contribution in [0.5, 0.6) is 0 Å². The van der Waals surface area contributed by atoms with Gasteiger partial charge in [-0.25, -0.2) is 0 Å². The monoisotopic (exact) mass is 202 g/mol. The first-order valence-corrected chi connectivity index (χ1v) is 4.66. The molecule has 0 fully saturated rings. The fourth-order valence-electron chi connectivity index (χ4n) is 0.812. The van der Waals surface area contributed by atoms with E-state index in [0.717, 1.165) is 18.2 Å². The minimum absolute atomic E-state index is 0.241. The van der Waals surface area contributed by atoms with Crippen LogP contribution in [0, 0.1) is 0 Å². The maximum Gasteiger partial charge on any atom is 0.325 e. The summed E-state index contributed by atoms with van der Waals surface area (Å²) in [7, 11) is -4.32. The Morgan fingerprint density at radius 1 is 1.54 bits per heavy atom. The molecule has 7 heteroatoms. The van der Waals surface area contributed by atoms with Crippen molar-refractivity contribution in [3.05, 3.63) is 28.7 Å². The Balaban J connectivity index is 3.21. The van der Waals surface area contributed by atoms with Gasteiger partial charge in [-0.15, -0.1) is 0 Å². The lowest BCUT2D eigenvalue weighted by Gasteiger charge is -2.04. The fraction of sp³-hybridized carbons (Fsp3) is 0.167. The van der Waals surface area contributed by atoms with Crippen molar-refractivity contribution in [2.24, 2.45) is 0 Å². The van der Waals surface area contributed by atoms with E-state index in [4.69, 9.17) is 15.2 Å². The Hall–Kier alpha value is -1.27. The molecule has 0 aliphatic heterocycles. The summed E-state index contributed by atoms with van der Waals surface area (Å²) >= 11 is 0. The first-order chi connectivity index (χ1) is 5.95. The Morgan fingerprint density at radius 3 is 2.62 bits per heavy atom. The van der Waals surface area contributed by atoms with E-state index in [2.05, 4.69) is 4.79 Å². The maximum atomic E-state index is 10.6. The van der Waals surface area contributed by atoms with Crippen molar-refractivity contribution in [1.29, 1.82) is 0 Å². The number of hydrogen-bond donors (Lipinski definition) is 2. The summed E-state index contributed by atoms with van der Waals surface area (Å²) in [6, 6.07) is 0. The molecule has 6 nitrogen and oxygen atoms in total. The number of allylic oxidation sites excluding steroid dienone is 1. The molecule has 0 aromatic rings. The van der Waals surface area contributed by atoms with Gasteiger partial charge in [-0.1, -0.05) is 0 Å². The van der Waals surface area contributed by atoms with Gasteiger partial charge in [-0.2, -0.15) is 13.2 Å². The van der Waals surface area contributed by atoms with Crippen LogP contribution in [0.2, 0.25) is 0 Å². The lowest BCUT2D eigenvalue weighted by Crippen LogP contribution is -2.21. The third-order valence-corrected chi connectivity index (χ3v) is 2.30. The second-order valence-electron chi connectivity index (χ2n) is 2.35. The molecule has 0 radical (unpaired) electrons. The Bertz CT molecular complexity index is 428. The van der Waals surface area contributed by atoms with Gasteiger partial charge >= 0.3 is 5.71 Å². The molecule has 0 saturated heterocycles. The average Bonchev–Trinajstić information content (AvgIpc) is 2.03. The van der Waals surface area contributed by atoms with Crippen LogP contribution in [0.25, 0.3) is 5.53 Å². The second kappa shape index (κ2) is 3.23. The number of hydrogen-bond acceptors (Lipinski definition) is 3. The van der Waals surface area contributed by atoms with Crippen LogP contribution < -0.4 is 0 Å². The summed E-state index contributed by atoms with van der Waals surface area (Å²) in [6.45, 7) is 0. The number of nitrogens with zero attached hydrogens (tertiary/aromatic N) is 2. The molecule has 0 heterocycles. The minimum atomic E-state index is -4.32. The van der Waals surface area contributed by atoms with E-state index in [1.807, 2.05) is 0 Å². The lowest BCUT2D eigenvalue weighted by molar-refractivity contribution is -0.0151. The van der Waals surface area contributed by atoms with Crippen molar-refractivity contribution in [3.8, 4) is 0 Å². The molecule has 0 spiro atoms. The predicted octanol–water partition coefficient (Wildman–Crippen LogP) is -0.640. The molecule has 1 atom stereocenters. The molecule has 0 amide bonds. The fourth-order valence-corrected chi connectivity index (χ4v) is 1.33. The minimum Gasteiger partial charge on any atom is -0.377 e. The summed E-state index contributed by atoms with van der Waals surface area (Å²) < 4.78 is 29.7. The zero-order chi connectivity index (χ0) is 10.1. The number of aliphatic hydroxyl groups excluding tert-OH is 1. The normalized spacial score (nSPS) is 22.5. The van der Waals surface area contributed by atoms with E-state index >= 15 is 0 Å². The van der Waals surface area contributed by atoms with Crippen molar-refractivity contribution in [2.45, 2.75) is 6.10 Å². The molecule has 2 N–H and O–H groups in total. The second-order valence-corrected chi connectivity index (χ2v) is 3.77. The molecule has 1 aliphatic carbocycles. The highest BCUT2D eigenvalue weighted by Crippen LogP contribution is 2.12. The molecule has 0 aromatic heterocycles. The summed E-state index contributed by atoms with van der Waals surface area (Å²) in [4.78, 5) is 2.23. The summed E-state index contributed by atoms with van der Waals surface area (Å²) in [5, 5.41) is 9.05. The van der Waals surface area contributed by atoms with E-state index in [0.29, 0.717) is 0 Å². The molecule has 0 saturated carbocycles. The Kier molecular flexibility index (Phi) is 2.44. The summed E-state index contributed by atoms with van der Waals surface area (Å²) in [6.07, 6.45) is 1.82. The van der Waals surface area contributed by atoms with Gasteiger partial charge in [-0.05, 0) is 12.2 Å². The van der Waals surface area contributed by atoms with Gasteiger partial charge in [0.05, 0.1) is 0 Å².